The van der Waals surface area contributed by atoms with Gasteiger partial charge in [0.05, 0.1) is 0 Å². The third-order valence-electron chi connectivity index (χ3n) is 2.83. The Bertz CT molecular complexity index is 209. The van der Waals surface area contributed by atoms with E-state index in [0.717, 1.165) is 18.1 Å². The molecule has 1 fully saturated rings. The van der Waals surface area contributed by atoms with Crippen LogP contribution >= 0.6 is 11.8 Å². The Kier molecular flexibility index (Phi) is 5.47. The van der Waals surface area contributed by atoms with Crippen molar-refractivity contribution in [1.82, 2.24) is 5.32 Å². The molecule has 1 rings (SSSR count). The van der Waals surface area contributed by atoms with E-state index in [4.69, 9.17) is 5.73 Å². The topological polar surface area (TPSA) is 55.1 Å². The molecule has 3 unspecified atom stereocenters. The van der Waals surface area contributed by atoms with E-state index in [1.165, 1.54) is 12.8 Å². The summed E-state index contributed by atoms with van der Waals surface area (Å²) < 4.78 is 0. The van der Waals surface area contributed by atoms with E-state index < -0.39 is 0 Å². The Morgan fingerprint density at radius 1 is 1.60 bits per heavy atom. The molecule has 0 aliphatic heterocycles. The van der Waals surface area contributed by atoms with Crippen molar-refractivity contribution >= 4 is 17.7 Å². The second-order valence-electron chi connectivity index (χ2n) is 4.47. The predicted molar refractivity (Wildman–Crippen MR) is 66.0 cm³/mol. The van der Waals surface area contributed by atoms with Crippen molar-refractivity contribution in [3.05, 3.63) is 0 Å². The van der Waals surface area contributed by atoms with Crippen LogP contribution in [0.1, 0.15) is 39.0 Å². The highest BCUT2D eigenvalue weighted by Crippen LogP contribution is 2.26. The quantitative estimate of drug-likeness (QED) is 0.770. The fourth-order valence-corrected chi connectivity index (χ4v) is 2.90. The first-order valence-corrected chi connectivity index (χ1v) is 6.98. The van der Waals surface area contributed by atoms with E-state index in [9.17, 15) is 4.79 Å². The number of carbonyl (C=O) groups is 1. The number of amides is 1. The molecule has 1 aliphatic carbocycles. The number of nitrogens with one attached hydrogen (secondary N) is 1. The molecule has 15 heavy (non-hydrogen) atoms. The van der Waals surface area contributed by atoms with E-state index >= 15 is 0 Å². The van der Waals surface area contributed by atoms with E-state index in [0.29, 0.717) is 12.5 Å². The van der Waals surface area contributed by atoms with Crippen molar-refractivity contribution in [3.8, 4) is 0 Å². The molecule has 3 N–H and O–H groups in total. The van der Waals surface area contributed by atoms with Gasteiger partial charge in [-0.05, 0) is 32.4 Å². The zero-order chi connectivity index (χ0) is 11.3. The van der Waals surface area contributed by atoms with Crippen LogP contribution in [0.5, 0.6) is 0 Å². The average molecular weight is 230 g/mol. The zero-order valence-corrected chi connectivity index (χ0v) is 10.5. The zero-order valence-electron chi connectivity index (χ0n) is 9.66. The normalized spacial score (nSPS) is 28.5. The first-order chi connectivity index (χ1) is 7.11. The lowest BCUT2D eigenvalue weighted by atomic mass is 9.95. The van der Waals surface area contributed by atoms with Crippen molar-refractivity contribution in [1.29, 1.82) is 0 Å². The summed E-state index contributed by atoms with van der Waals surface area (Å²) >= 11 is 1.91. The predicted octanol–water partition coefficient (Wildman–Crippen LogP) is 1.51. The van der Waals surface area contributed by atoms with Crippen LogP contribution in [0.15, 0.2) is 0 Å². The van der Waals surface area contributed by atoms with Crippen LogP contribution < -0.4 is 11.1 Å². The number of rotatable bonds is 4. The van der Waals surface area contributed by atoms with E-state index in [1.54, 1.807) is 0 Å². The molecule has 0 aromatic rings. The van der Waals surface area contributed by atoms with Gasteiger partial charge in [0.15, 0.2) is 0 Å². The molecule has 0 bridgehead atoms. The van der Waals surface area contributed by atoms with Gasteiger partial charge in [-0.2, -0.15) is 11.8 Å². The Labute approximate surface area is 96.6 Å². The molecule has 4 heteroatoms. The van der Waals surface area contributed by atoms with Gasteiger partial charge >= 0.3 is 0 Å². The van der Waals surface area contributed by atoms with Crippen LogP contribution in [-0.2, 0) is 4.79 Å². The maximum atomic E-state index is 11.5. The molecule has 1 aliphatic rings. The summed E-state index contributed by atoms with van der Waals surface area (Å²) in [4.78, 5) is 11.5. The largest absolute Gasteiger partial charge is 0.353 e. The van der Waals surface area contributed by atoms with E-state index in [1.807, 2.05) is 18.7 Å². The fourth-order valence-electron chi connectivity index (χ4n) is 2.07. The molecule has 3 atom stereocenters. The highest BCUT2D eigenvalue weighted by Gasteiger charge is 2.22. The molecule has 0 spiro atoms. The summed E-state index contributed by atoms with van der Waals surface area (Å²) in [5.41, 5.74) is 5.59. The van der Waals surface area contributed by atoms with Gasteiger partial charge in [-0.25, -0.2) is 0 Å². The standard InChI is InChI=1S/C11H22N2OS/c1-8(12)6-11(14)13-9-4-3-5-10(7-9)15-2/h8-10H,3-7,12H2,1-2H3,(H,13,14). The summed E-state index contributed by atoms with van der Waals surface area (Å²) in [5.74, 6) is 0.108. The molecular weight excluding hydrogens is 208 g/mol. The van der Waals surface area contributed by atoms with Crippen molar-refractivity contribution in [2.45, 2.75) is 56.4 Å². The maximum Gasteiger partial charge on any atom is 0.221 e. The van der Waals surface area contributed by atoms with Crippen molar-refractivity contribution in [3.63, 3.8) is 0 Å². The van der Waals surface area contributed by atoms with E-state index in [2.05, 4.69) is 11.6 Å². The summed E-state index contributed by atoms with van der Waals surface area (Å²) in [6, 6.07) is 0.340. The van der Waals surface area contributed by atoms with Gasteiger partial charge in [-0.3, -0.25) is 4.79 Å². The minimum Gasteiger partial charge on any atom is -0.353 e. The molecular formula is C11H22N2OS. The molecule has 0 aromatic carbocycles. The van der Waals surface area contributed by atoms with Gasteiger partial charge in [0.1, 0.15) is 0 Å². The lowest BCUT2D eigenvalue weighted by Crippen LogP contribution is -2.40. The summed E-state index contributed by atoms with van der Waals surface area (Å²) in [5, 5.41) is 3.80. The number of hydrogen-bond donors (Lipinski definition) is 2. The molecule has 88 valence electrons. The smallest absolute Gasteiger partial charge is 0.221 e. The molecule has 0 aromatic heterocycles. The Hall–Kier alpha value is -0.220. The number of nitrogens with two attached hydrogens (primary N) is 1. The number of thioether (sulfide) groups is 1. The van der Waals surface area contributed by atoms with Crippen LogP contribution in [0, 0.1) is 0 Å². The maximum absolute atomic E-state index is 11.5. The van der Waals surface area contributed by atoms with Gasteiger partial charge in [-0.1, -0.05) is 6.42 Å². The van der Waals surface area contributed by atoms with Gasteiger partial charge in [0.25, 0.3) is 0 Å². The molecule has 0 heterocycles. The molecule has 0 saturated heterocycles. The van der Waals surface area contributed by atoms with Crippen molar-refractivity contribution in [2.75, 3.05) is 6.26 Å². The Morgan fingerprint density at radius 3 is 2.93 bits per heavy atom. The Morgan fingerprint density at radius 2 is 2.33 bits per heavy atom. The first-order valence-electron chi connectivity index (χ1n) is 5.69. The lowest BCUT2D eigenvalue weighted by molar-refractivity contribution is -0.122. The minimum atomic E-state index is -0.0371. The second kappa shape index (κ2) is 6.38. The highest BCUT2D eigenvalue weighted by atomic mass is 32.2. The van der Waals surface area contributed by atoms with Gasteiger partial charge in [0, 0.05) is 23.8 Å². The third-order valence-corrected chi connectivity index (χ3v) is 3.93. The third kappa shape index (κ3) is 4.89. The number of hydrogen-bond acceptors (Lipinski definition) is 3. The van der Waals surface area contributed by atoms with Crippen LogP contribution in [-0.4, -0.2) is 29.5 Å². The average Bonchev–Trinajstić information content (AvgIpc) is 2.16. The van der Waals surface area contributed by atoms with Crippen molar-refractivity contribution in [2.24, 2.45) is 5.73 Å². The lowest BCUT2D eigenvalue weighted by Gasteiger charge is -2.28. The molecule has 0 radical (unpaired) electrons. The summed E-state index contributed by atoms with van der Waals surface area (Å²) in [6.45, 7) is 1.87. The SMILES string of the molecule is CSC1CCCC(NC(=O)CC(C)N)C1. The summed E-state index contributed by atoms with van der Waals surface area (Å²) in [7, 11) is 0. The van der Waals surface area contributed by atoms with Crippen molar-refractivity contribution < 1.29 is 4.79 Å². The van der Waals surface area contributed by atoms with Crippen LogP contribution in [0.25, 0.3) is 0 Å². The van der Waals surface area contributed by atoms with Gasteiger partial charge in [0.2, 0.25) is 5.91 Å². The molecule has 3 nitrogen and oxygen atoms in total. The van der Waals surface area contributed by atoms with Gasteiger partial charge < -0.3 is 11.1 Å². The fraction of sp³-hybridized carbons (Fsp3) is 0.909. The van der Waals surface area contributed by atoms with Crippen LogP contribution in [0.3, 0.4) is 0 Å². The van der Waals surface area contributed by atoms with Gasteiger partial charge in [-0.15, -0.1) is 0 Å². The summed E-state index contributed by atoms with van der Waals surface area (Å²) in [6.07, 6.45) is 7.36. The monoisotopic (exact) mass is 230 g/mol. The minimum absolute atomic E-state index is 0.0371. The molecule has 1 saturated carbocycles. The van der Waals surface area contributed by atoms with Crippen LogP contribution in [0.4, 0.5) is 0 Å². The molecule has 1 amide bonds. The second-order valence-corrected chi connectivity index (χ2v) is 5.61. The first kappa shape index (κ1) is 12.8. The number of carbonyl (C=O) groups excluding carboxylic acids is 1. The highest BCUT2D eigenvalue weighted by molar-refractivity contribution is 7.99. The Balaban J connectivity index is 2.28. The van der Waals surface area contributed by atoms with E-state index in [-0.39, 0.29) is 11.9 Å². The van der Waals surface area contributed by atoms with Crippen LogP contribution in [0.2, 0.25) is 0 Å².